The van der Waals surface area contributed by atoms with E-state index < -0.39 is 0 Å². The van der Waals surface area contributed by atoms with E-state index in [1.54, 1.807) is 36.1 Å². The fourth-order valence-electron chi connectivity index (χ4n) is 2.77. The summed E-state index contributed by atoms with van der Waals surface area (Å²) in [6.45, 7) is 4.33. The average molecular weight is 348 g/mol. The zero-order valence-electron chi connectivity index (χ0n) is 14.6. The Hall–Kier alpha value is -2.57. The molecule has 1 saturated heterocycles. The van der Waals surface area contributed by atoms with Gasteiger partial charge < -0.3 is 19.7 Å². The lowest BCUT2D eigenvalue weighted by Crippen LogP contribution is -2.44. The van der Waals surface area contributed by atoms with Gasteiger partial charge in [-0.2, -0.15) is 0 Å². The van der Waals surface area contributed by atoms with E-state index in [4.69, 9.17) is 9.47 Å². The Balaban J connectivity index is 1.92. The maximum absolute atomic E-state index is 12.4. The molecule has 25 heavy (non-hydrogen) atoms. The van der Waals surface area contributed by atoms with Gasteiger partial charge in [-0.05, 0) is 31.9 Å². The Bertz CT molecular complexity index is 632. The van der Waals surface area contributed by atoms with Crippen LogP contribution in [0, 0.1) is 5.92 Å². The van der Waals surface area contributed by atoms with E-state index in [0.717, 1.165) is 12.8 Å². The standard InChI is InChI=1S/C18H24N2O5/c1-3-24-18(23)14-7-6-10-20(11-14)17(22)12-25-16-9-5-4-8-15(16)19-13(2)21/h4-5,8-9,14H,3,6-7,10-12H2,1-2H3,(H,19,21)/t14-/m0/s1. The van der Waals surface area contributed by atoms with Crippen LogP contribution in [0.5, 0.6) is 5.75 Å². The molecule has 0 saturated carbocycles. The minimum atomic E-state index is -0.274. The van der Waals surface area contributed by atoms with Gasteiger partial charge in [0.1, 0.15) is 5.75 Å². The number of rotatable bonds is 6. The van der Waals surface area contributed by atoms with Gasteiger partial charge in [0.05, 0.1) is 18.2 Å². The lowest BCUT2D eigenvalue weighted by Gasteiger charge is -2.31. The number of hydrogen-bond donors (Lipinski definition) is 1. The fraction of sp³-hybridized carbons (Fsp3) is 0.500. The summed E-state index contributed by atoms with van der Waals surface area (Å²) in [5.41, 5.74) is 0.519. The third kappa shape index (κ3) is 5.48. The monoisotopic (exact) mass is 348 g/mol. The van der Waals surface area contributed by atoms with Gasteiger partial charge in [0.25, 0.3) is 5.91 Å². The maximum Gasteiger partial charge on any atom is 0.310 e. The van der Waals surface area contributed by atoms with Crippen molar-refractivity contribution >= 4 is 23.5 Å². The number of nitrogens with zero attached hydrogens (tertiary/aromatic N) is 1. The van der Waals surface area contributed by atoms with Crippen LogP contribution in [0.4, 0.5) is 5.69 Å². The Labute approximate surface area is 147 Å². The third-order valence-corrected chi connectivity index (χ3v) is 3.94. The van der Waals surface area contributed by atoms with Crippen molar-refractivity contribution in [1.29, 1.82) is 0 Å². The smallest absolute Gasteiger partial charge is 0.310 e. The lowest BCUT2D eigenvalue weighted by molar-refractivity contribution is -0.151. The molecule has 0 aromatic heterocycles. The molecule has 1 atom stereocenters. The van der Waals surface area contributed by atoms with E-state index >= 15 is 0 Å². The lowest BCUT2D eigenvalue weighted by atomic mass is 9.98. The highest BCUT2D eigenvalue weighted by molar-refractivity contribution is 5.90. The number of piperidine rings is 1. The number of nitrogens with one attached hydrogen (secondary N) is 1. The maximum atomic E-state index is 12.4. The summed E-state index contributed by atoms with van der Waals surface area (Å²) in [6.07, 6.45) is 1.49. The second-order valence-corrected chi connectivity index (χ2v) is 5.90. The van der Waals surface area contributed by atoms with Crippen molar-refractivity contribution in [3.8, 4) is 5.75 Å². The van der Waals surface area contributed by atoms with Gasteiger partial charge in [0, 0.05) is 20.0 Å². The second-order valence-electron chi connectivity index (χ2n) is 5.90. The number of likely N-dealkylation sites (tertiary alicyclic amines) is 1. The van der Waals surface area contributed by atoms with Gasteiger partial charge >= 0.3 is 5.97 Å². The van der Waals surface area contributed by atoms with Crippen LogP contribution < -0.4 is 10.1 Å². The molecule has 1 aliphatic rings. The van der Waals surface area contributed by atoms with Crippen molar-refractivity contribution < 1.29 is 23.9 Å². The Morgan fingerprint density at radius 2 is 2.04 bits per heavy atom. The molecule has 0 bridgehead atoms. The SMILES string of the molecule is CCOC(=O)[C@H]1CCCN(C(=O)COc2ccccc2NC(C)=O)C1. The van der Waals surface area contributed by atoms with Gasteiger partial charge in [0.2, 0.25) is 5.91 Å². The first-order valence-electron chi connectivity index (χ1n) is 8.45. The van der Waals surface area contributed by atoms with Crippen LogP contribution in [-0.4, -0.2) is 49.0 Å². The second kappa shape index (κ2) is 9.05. The summed E-state index contributed by atoms with van der Waals surface area (Å²) in [5.74, 6) is -0.492. The van der Waals surface area contributed by atoms with Crippen molar-refractivity contribution in [3.63, 3.8) is 0 Å². The zero-order chi connectivity index (χ0) is 18.2. The summed E-state index contributed by atoms with van der Waals surface area (Å²) in [4.78, 5) is 37.1. The number of carbonyl (C=O) groups excluding carboxylic acids is 3. The van der Waals surface area contributed by atoms with Crippen molar-refractivity contribution in [3.05, 3.63) is 24.3 Å². The van der Waals surface area contributed by atoms with E-state index in [-0.39, 0.29) is 30.3 Å². The number of esters is 1. The number of amides is 2. The van der Waals surface area contributed by atoms with E-state index in [1.165, 1.54) is 6.92 Å². The van der Waals surface area contributed by atoms with Crippen LogP contribution in [0.1, 0.15) is 26.7 Å². The molecule has 1 N–H and O–H groups in total. The summed E-state index contributed by atoms with van der Waals surface area (Å²) >= 11 is 0. The largest absolute Gasteiger partial charge is 0.482 e. The number of ether oxygens (including phenoxy) is 2. The van der Waals surface area contributed by atoms with Gasteiger partial charge in [-0.3, -0.25) is 14.4 Å². The minimum absolute atomic E-state index is 0.147. The van der Waals surface area contributed by atoms with Gasteiger partial charge in [0.15, 0.2) is 6.61 Å². The number of carbonyl (C=O) groups is 3. The van der Waals surface area contributed by atoms with E-state index in [2.05, 4.69) is 5.32 Å². The molecule has 0 radical (unpaired) electrons. The molecule has 7 nitrogen and oxygen atoms in total. The summed E-state index contributed by atoms with van der Waals surface area (Å²) < 4.78 is 10.6. The highest BCUT2D eigenvalue weighted by Gasteiger charge is 2.29. The highest BCUT2D eigenvalue weighted by Crippen LogP contribution is 2.24. The van der Waals surface area contributed by atoms with Crippen LogP contribution in [-0.2, 0) is 19.1 Å². The van der Waals surface area contributed by atoms with Crippen LogP contribution in [0.3, 0.4) is 0 Å². The molecule has 1 aromatic rings. The first-order valence-corrected chi connectivity index (χ1v) is 8.45. The van der Waals surface area contributed by atoms with Gasteiger partial charge in [-0.1, -0.05) is 12.1 Å². The molecule has 2 amide bonds. The van der Waals surface area contributed by atoms with Crippen molar-refractivity contribution in [2.24, 2.45) is 5.92 Å². The van der Waals surface area contributed by atoms with E-state index in [0.29, 0.717) is 31.1 Å². The summed E-state index contributed by atoms with van der Waals surface area (Å²) in [6, 6.07) is 6.94. The number of para-hydroxylation sites is 2. The quantitative estimate of drug-likeness (QED) is 0.793. The van der Waals surface area contributed by atoms with Crippen LogP contribution in [0.15, 0.2) is 24.3 Å². The van der Waals surface area contributed by atoms with E-state index in [1.807, 2.05) is 0 Å². The Morgan fingerprint density at radius 1 is 1.28 bits per heavy atom. The average Bonchev–Trinajstić information content (AvgIpc) is 2.60. The predicted octanol–water partition coefficient (Wildman–Crippen LogP) is 1.83. The Kier molecular flexibility index (Phi) is 6.80. The number of benzene rings is 1. The van der Waals surface area contributed by atoms with Crippen LogP contribution >= 0.6 is 0 Å². The topological polar surface area (TPSA) is 84.9 Å². The van der Waals surface area contributed by atoms with Gasteiger partial charge in [-0.25, -0.2) is 0 Å². The molecule has 0 unspecified atom stereocenters. The molecule has 0 aliphatic carbocycles. The molecule has 136 valence electrons. The molecule has 1 aliphatic heterocycles. The minimum Gasteiger partial charge on any atom is -0.482 e. The Morgan fingerprint density at radius 3 is 2.76 bits per heavy atom. The molecular weight excluding hydrogens is 324 g/mol. The van der Waals surface area contributed by atoms with Crippen LogP contribution in [0.2, 0.25) is 0 Å². The zero-order valence-corrected chi connectivity index (χ0v) is 14.6. The predicted molar refractivity (Wildman–Crippen MR) is 92.2 cm³/mol. The van der Waals surface area contributed by atoms with Crippen molar-refractivity contribution in [2.45, 2.75) is 26.7 Å². The molecule has 2 rings (SSSR count). The van der Waals surface area contributed by atoms with Crippen molar-refractivity contribution in [2.75, 3.05) is 31.6 Å². The number of hydrogen-bond acceptors (Lipinski definition) is 5. The molecule has 1 fully saturated rings. The molecule has 0 spiro atoms. The molecule has 1 heterocycles. The summed E-state index contributed by atoms with van der Waals surface area (Å²) in [7, 11) is 0. The first kappa shape index (κ1) is 18.8. The normalized spacial score (nSPS) is 16.9. The molecule has 1 aromatic carbocycles. The fourth-order valence-corrected chi connectivity index (χ4v) is 2.77. The molecular formula is C18H24N2O5. The van der Waals surface area contributed by atoms with E-state index in [9.17, 15) is 14.4 Å². The first-order chi connectivity index (χ1) is 12.0. The van der Waals surface area contributed by atoms with Crippen molar-refractivity contribution in [1.82, 2.24) is 4.90 Å². The molecule has 7 heteroatoms. The third-order valence-electron chi connectivity index (χ3n) is 3.94. The summed E-state index contributed by atoms with van der Waals surface area (Å²) in [5, 5.41) is 2.66. The highest BCUT2D eigenvalue weighted by atomic mass is 16.5. The van der Waals surface area contributed by atoms with Gasteiger partial charge in [-0.15, -0.1) is 0 Å². The number of anilines is 1. The van der Waals surface area contributed by atoms with Crippen LogP contribution in [0.25, 0.3) is 0 Å².